The molecule has 7 heteroatoms. The molecule has 0 aliphatic rings. The summed E-state index contributed by atoms with van der Waals surface area (Å²) in [7, 11) is 0. The SMILES string of the molecule is O=C(Cc1ccc(Cl)cc1)NC(=S)Nc1ccc(Br)cn1. The normalized spacial score (nSPS) is 10.0. The van der Waals surface area contributed by atoms with Crippen molar-refractivity contribution in [3.8, 4) is 0 Å². The molecular weight excluding hydrogens is 374 g/mol. The predicted octanol–water partition coefficient (Wildman–Crippen LogP) is 3.55. The Morgan fingerprint density at radius 3 is 2.57 bits per heavy atom. The van der Waals surface area contributed by atoms with E-state index in [1.807, 2.05) is 6.07 Å². The quantitative estimate of drug-likeness (QED) is 0.795. The van der Waals surface area contributed by atoms with Crippen LogP contribution >= 0.6 is 39.7 Å². The van der Waals surface area contributed by atoms with E-state index in [1.165, 1.54) is 0 Å². The number of aromatic nitrogens is 1. The molecule has 1 aromatic heterocycles. The highest BCUT2D eigenvalue weighted by Gasteiger charge is 2.06. The van der Waals surface area contributed by atoms with Gasteiger partial charge in [-0.2, -0.15) is 0 Å². The molecule has 0 fully saturated rings. The van der Waals surface area contributed by atoms with Gasteiger partial charge in [0.2, 0.25) is 5.91 Å². The van der Waals surface area contributed by atoms with Crippen LogP contribution in [-0.4, -0.2) is 16.0 Å². The van der Waals surface area contributed by atoms with Crippen LogP contribution in [0.25, 0.3) is 0 Å². The Labute approximate surface area is 141 Å². The van der Waals surface area contributed by atoms with Gasteiger partial charge in [-0.3, -0.25) is 4.79 Å². The Balaban J connectivity index is 1.85. The number of hydrogen-bond acceptors (Lipinski definition) is 3. The average Bonchev–Trinajstić information content (AvgIpc) is 2.44. The van der Waals surface area contributed by atoms with Gasteiger partial charge in [0, 0.05) is 15.7 Å². The van der Waals surface area contributed by atoms with Gasteiger partial charge in [0.1, 0.15) is 5.82 Å². The molecule has 1 aromatic carbocycles. The molecule has 0 bridgehead atoms. The lowest BCUT2D eigenvalue weighted by atomic mass is 10.1. The third-order valence-electron chi connectivity index (χ3n) is 2.50. The van der Waals surface area contributed by atoms with Gasteiger partial charge >= 0.3 is 0 Å². The van der Waals surface area contributed by atoms with Crippen LogP contribution in [0.1, 0.15) is 5.56 Å². The molecule has 0 aliphatic carbocycles. The Morgan fingerprint density at radius 2 is 1.95 bits per heavy atom. The Bertz CT molecular complexity index is 589. The van der Waals surface area contributed by atoms with Gasteiger partial charge in [0.25, 0.3) is 0 Å². The second-order valence-electron chi connectivity index (χ2n) is 4.17. The van der Waals surface area contributed by atoms with Crippen molar-refractivity contribution in [3.63, 3.8) is 0 Å². The number of rotatable bonds is 3. The number of benzene rings is 1. The van der Waals surface area contributed by atoms with Crippen molar-refractivity contribution in [3.05, 3.63) is 57.7 Å². The molecule has 0 radical (unpaired) electrons. The first-order valence-corrected chi connectivity index (χ1v) is 7.58. The number of nitrogens with one attached hydrogen (secondary N) is 2. The fourth-order valence-corrected chi connectivity index (χ4v) is 2.13. The van der Waals surface area contributed by atoms with Gasteiger partial charge in [-0.05, 0) is 58.0 Å². The van der Waals surface area contributed by atoms with E-state index < -0.39 is 0 Å². The molecule has 4 nitrogen and oxygen atoms in total. The summed E-state index contributed by atoms with van der Waals surface area (Å²) >= 11 is 14.2. The Kier molecular flexibility index (Phi) is 5.67. The van der Waals surface area contributed by atoms with Crippen molar-refractivity contribution in [2.75, 3.05) is 5.32 Å². The zero-order chi connectivity index (χ0) is 15.2. The molecule has 108 valence electrons. The smallest absolute Gasteiger partial charge is 0.230 e. The summed E-state index contributed by atoms with van der Waals surface area (Å²) in [4.78, 5) is 16.0. The molecule has 0 aliphatic heterocycles. The lowest BCUT2D eigenvalue weighted by Crippen LogP contribution is -2.35. The maximum Gasteiger partial charge on any atom is 0.230 e. The number of amides is 1. The fourth-order valence-electron chi connectivity index (χ4n) is 1.56. The molecule has 0 saturated carbocycles. The van der Waals surface area contributed by atoms with Crippen LogP contribution in [0.4, 0.5) is 5.82 Å². The lowest BCUT2D eigenvalue weighted by molar-refractivity contribution is -0.119. The van der Waals surface area contributed by atoms with Crippen LogP contribution in [0.2, 0.25) is 5.02 Å². The van der Waals surface area contributed by atoms with Gasteiger partial charge in [-0.1, -0.05) is 23.7 Å². The summed E-state index contributed by atoms with van der Waals surface area (Å²) in [6, 6.07) is 10.7. The van der Waals surface area contributed by atoms with Crippen molar-refractivity contribution < 1.29 is 4.79 Å². The number of carbonyl (C=O) groups is 1. The van der Waals surface area contributed by atoms with E-state index in [4.69, 9.17) is 23.8 Å². The first-order valence-electron chi connectivity index (χ1n) is 6.00. The minimum atomic E-state index is -0.202. The van der Waals surface area contributed by atoms with Gasteiger partial charge < -0.3 is 10.6 Å². The second kappa shape index (κ2) is 7.49. The van der Waals surface area contributed by atoms with E-state index in [2.05, 4.69) is 31.5 Å². The molecule has 0 unspecified atom stereocenters. The van der Waals surface area contributed by atoms with Crippen LogP contribution in [0.15, 0.2) is 47.1 Å². The zero-order valence-corrected chi connectivity index (χ0v) is 13.9. The molecular formula is C14H11BrClN3OS. The van der Waals surface area contributed by atoms with Crippen molar-refractivity contribution in [1.82, 2.24) is 10.3 Å². The van der Waals surface area contributed by atoms with Crippen molar-refractivity contribution in [2.45, 2.75) is 6.42 Å². The number of halogens is 2. The first kappa shape index (κ1) is 15.9. The van der Waals surface area contributed by atoms with Crippen LogP contribution < -0.4 is 10.6 Å². The largest absolute Gasteiger partial charge is 0.317 e. The maximum atomic E-state index is 11.9. The Hall–Kier alpha value is -1.50. The van der Waals surface area contributed by atoms with E-state index in [9.17, 15) is 4.79 Å². The molecule has 1 heterocycles. The van der Waals surface area contributed by atoms with Crippen LogP contribution in [0.5, 0.6) is 0 Å². The summed E-state index contributed by atoms with van der Waals surface area (Å²) in [5.41, 5.74) is 0.862. The molecule has 1 amide bonds. The summed E-state index contributed by atoms with van der Waals surface area (Å²) in [6.07, 6.45) is 1.87. The summed E-state index contributed by atoms with van der Waals surface area (Å²) in [5.74, 6) is 0.363. The van der Waals surface area contributed by atoms with Gasteiger partial charge in [0.05, 0.1) is 6.42 Å². The van der Waals surface area contributed by atoms with Crippen LogP contribution in [0, 0.1) is 0 Å². The fraction of sp³-hybridized carbons (Fsp3) is 0.0714. The molecule has 0 spiro atoms. The topological polar surface area (TPSA) is 54.0 Å². The van der Waals surface area contributed by atoms with E-state index in [1.54, 1.807) is 36.5 Å². The van der Waals surface area contributed by atoms with Crippen molar-refractivity contribution in [2.24, 2.45) is 0 Å². The van der Waals surface area contributed by atoms with E-state index >= 15 is 0 Å². The summed E-state index contributed by atoms with van der Waals surface area (Å²) in [5, 5.41) is 6.29. The molecule has 21 heavy (non-hydrogen) atoms. The van der Waals surface area contributed by atoms with Gasteiger partial charge in [-0.15, -0.1) is 0 Å². The lowest BCUT2D eigenvalue weighted by Gasteiger charge is -2.09. The highest BCUT2D eigenvalue weighted by atomic mass is 79.9. The Morgan fingerprint density at radius 1 is 1.24 bits per heavy atom. The van der Waals surface area contributed by atoms with Gasteiger partial charge in [-0.25, -0.2) is 4.98 Å². The third-order valence-corrected chi connectivity index (χ3v) is 3.43. The second-order valence-corrected chi connectivity index (χ2v) is 5.93. The number of nitrogens with zero attached hydrogens (tertiary/aromatic N) is 1. The molecule has 0 atom stereocenters. The maximum absolute atomic E-state index is 11.9. The van der Waals surface area contributed by atoms with Gasteiger partial charge in [0.15, 0.2) is 5.11 Å². The summed E-state index contributed by atoms with van der Waals surface area (Å²) in [6.45, 7) is 0. The van der Waals surface area contributed by atoms with E-state index in [-0.39, 0.29) is 17.4 Å². The van der Waals surface area contributed by atoms with E-state index in [0.29, 0.717) is 10.8 Å². The standard InChI is InChI=1S/C14H11BrClN3OS/c15-10-3-6-12(17-8-10)18-14(21)19-13(20)7-9-1-4-11(16)5-2-9/h1-6,8H,7H2,(H2,17,18,19,20,21). The third kappa shape index (κ3) is 5.41. The highest BCUT2D eigenvalue weighted by molar-refractivity contribution is 9.10. The number of thiocarbonyl (C=S) groups is 1. The molecule has 2 aromatic rings. The highest BCUT2D eigenvalue weighted by Crippen LogP contribution is 2.11. The van der Waals surface area contributed by atoms with Crippen molar-refractivity contribution in [1.29, 1.82) is 0 Å². The number of carbonyl (C=O) groups excluding carboxylic acids is 1. The minimum Gasteiger partial charge on any atom is -0.317 e. The number of hydrogen-bond donors (Lipinski definition) is 2. The average molecular weight is 385 g/mol. The number of anilines is 1. The first-order chi connectivity index (χ1) is 10.0. The monoisotopic (exact) mass is 383 g/mol. The molecule has 0 saturated heterocycles. The van der Waals surface area contributed by atoms with Crippen LogP contribution in [-0.2, 0) is 11.2 Å². The van der Waals surface area contributed by atoms with Crippen molar-refractivity contribution >= 4 is 56.6 Å². The zero-order valence-electron chi connectivity index (χ0n) is 10.8. The van der Waals surface area contributed by atoms with E-state index in [0.717, 1.165) is 10.0 Å². The molecule has 2 rings (SSSR count). The number of pyridine rings is 1. The molecule has 2 N–H and O–H groups in total. The minimum absolute atomic E-state index is 0.202. The van der Waals surface area contributed by atoms with Crippen LogP contribution in [0.3, 0.4) is 0 Å². The summed E-state index contributed by atoms with van der Waals surface area (Å²) < 4.78 is 0.866. The predicted molar refractivity (Wildman–Crippen MR) is 91.5 cm³/mol.